The molecule has 1 rings (SSSR count). The van der Waals surface area contributed by atoms with Gasteiger partial charge in [-0.25, -0.2) is 0 Å². The Morgan fingerprint density at radius 3 is 2.30 bits per heavy atom. The third kappa shape index (κ3) is 5.46. The van der Waals surface area contributed by atoms with E-state index in [0.717, 1.165) is 11.6 Å². The molecule has 0 radical (unpaired) electrons. The van der Waals surface area contributed by atoms with Gasteiger partial charge in [-0.15, -0.1) is 0 Å². The Bertz CT molecular complexity index is 401. The molecule has 0 aliphatic heterocycles. The zero-order valence-corrected chi connectivity index (χ0v) is 14.3. The highest BCUT2D eigenvalue weighted by Gasteiger charge is 2.14. The third-order valence-electron chi connectivity index (χ3n) is 4.04. The summed E-state index contributed by atoms with van der Waals surface area (Å²) in [6.07, 6.45) is 7.81. The van der Waals surface area contributed by atoms with Crippen molar-refractivity contribution in [1.29, 1.82) is 0 Å². The van der Waals surface area contributed by atoms with Crippen LogP contribution in [0.3, 0.4) is 0 Å². The van der Waals surface area contributed by atoms with Gasteiger partial charge < -0.3 is 5.32 Å². The molecule has 0 amide bonds. The Morgan fingerprint density at radius 2 is 1.65 bits per heavy atom. The van der Waals surface area contributed by atoms with Gasteiger partial charge >= 0.3 is 0 Å². The van der Waals surface area contributed by atoms with Crippen LogP contribution in [0.15, 0.2) is 12.1 Å². The number of hydrogen-bond acceptors (Lipinski definition) is 1. The van der Waals surface area contributed by atoms with Crippen LogP contribution in [0.2, 0.25) is 5.02 Å². The Hall–Kier alpha value is -0.530. The molecular formula is C18H30ClN. The minimum Gasteiger partial charge on any atom is -0.310 e. The van der Waals surface area contributed by atoms with Gasteiger partial charge in [0, 0.05) is 11.1 Å². The average Bonchev–Trinajstić information content (AvgIpc) is 2.41. The van der Waals surface area contributed by atoms with E-state index in [1.807, 2.05) is 0 Å². The average molecular weight is 296 g/mol. The van der Waals surface area contributed by atoms with Crippen LogP contribution in [-0.2, 0) is 0 Å². The summed E-state index contributed by atoms with van der Waals surface area (Å²) in [4.78, 5) is 0. The first-order valence-corrected chi connectivity index (χ1v) is 8.48. The summed E-state index contributed by atoms with van der Waals surface area (Å²) in [5.41, 5.74) is 3.88. The molecule has 0 aliphatic rings. The first-order chi connectivity index (χ1) is 9.60. The third-order valence-corrected chi connectivity index (χ3v) is 4.36. The summed E-state index contributed by atoms with van der Waals surface area (Å²) in [6.45, 7) is 9.70. The molecule has 1 nitrogen and oxygen atoms in total. The first-order valence-electron chi connectivity index (χ1n) is 8.10. The van der Waals surface area contributed by atoms with Crippen molar-refractivity contribution < 1.29 is 0 Å². The van der Waals surface area contributed by atoms with Crippen LogP contribution in [-0.4, -0.2) is 6.54 Å². The lowest BCUT2D eigenvalue weighted by Crippen LogP contribution is -2.21. The zero-order valence-electron chi connectivity index (χ0n) is 13.6. The molecule has 0 saturated carbocycles. The SMILES string of the molecule is CCCCCCCC(NCC)c1cc(C)c(C)cc1Cl. The molecule has 0 bridgehead atoms. The van der Waals surface area contributed by atoms with Crippen molar-refractivity contribution in [2.75, 3.05) is 6.54 Å². The fourth-order valence-corrected chi connectivity index (χ4v) is 2.99. The van der Waals surface area contributed by atoms with E-state index in [2.05, 4.69) is 45.1 Å². The molecule has 1 unspecified atom stereocenters. The molecule has 1 atom stereocenters. The summed E-state index contributed by atoms with van der Waals surface area (Å²) in [5.74, 6) is 0. The molecule has 0 spiro atoms. The van der Waals surface area contributed by atoms with Crippen molar-refractivity contribution in [3.63, 3.8) is 0 Å². The molecule has 2 heteroatoms. The maximum absolute atomic E-state index is 6.45. The fraction of sp³-hybridized carbons (Fsp3) is 0.667. The van der Waals surface area contributed by atoms with Gasteiger partial charge in [0.2, 0.25) is 0 Å². The second-order valence-electron chi connectivity index (χ2n) is 5.77. The van der Waals surface area contributed by atoms with Crippen molar-refractivity contribution in [3.8, 4) is 0 Å². The summed E-state index contributed by atoms with van der Waals surface area (Å²) in [7, 11) is 0. The van der Waals surface area contributed by atoms with Crippen molar-refractivity contribution in [2.24, 2.45) is 0 Å². The van der Waals surface area contributed by atoms with Gasteiger partial charge in [-0.1, -0.05) is 63.6 Å². The summed E-state index contributed by atoms with van der Waals surface area (Å²) in [6, 6.07) is 4.76. The quantitative estimate of drug-likeness (QED) is 0.554. The molecule has 0 saturated heterocycles. The molecule has 1 aromatic rings. The van der Waals surface area contributed by atoms with E-state index in [1.54, 1.807) is 0 Å². The Balaban J connectivity index is 2.67. The molecule has 114 valence electrons. The summed E-state index contributed by atoms with van der Waals surface area (Å²) < 4.78 is 0. The minimum atomic E-state index is 0.397. The number of halogens is 1. The van der Waals surface area contributed by atoms with Crippen LogP contribution in [0, 0.1) is 13.8 Å². The van der Waals surface area contributed by atoms with Gasteiger partial charge in [-0.2, -0.15) is 0 Å². The fourth-order valence-electron chi connectivity index (χ4n) is 2.64. The molecule has 0 heterocycles. The summed E-state index contributed by atoms with van der Waals surface area (Å²) in [5, 5.41) is 4.50. The van der Waals surface area contributed by atoms with Crippen LogP contribution in [0.4, 0.5) is 0 Å². The Morgan fingerprint density at radius 1 is 1.00 bits per heavy atom. The van der Waals surface area contributed by atoms with Crippen LogP contribution in [0.25, 0.3) is 0 Å². The smallest absolute Gasteiger partial charge is 0.0456 e. The second kappa shape index (κ2) is 9.41. The van der Waals surface area contributed by atoms with Crippen molar-refractivity contribution >= 4 is 11.6 Å². The van der Waals surface area contributed by atoms with Gasteiger partial charge in [0.15, 0.2) is 0 Å². The van der Waals surface area contributed by atoms with E-state index >= 15 is 0 Å². The van der Waals surface area contributed by atoms with Crippen molar-refractivity contribution in [1.82, 2.24) is 5.32 Å². The molecule has 1 N–H and O–H groups in total. The number of rotatable bonds is 9. The van der Waals surface area contributed by atoms with Crippen LogP contribution in [0.1, 0.15) is 75.1 Å². The van der Waals surface area contributed by atoms with E-state index in [-0.39, 0.29) is 0 Å². The van der Waals surface area contributed by atoms with E-state index in [0.29, 0.717) is 6.04 Å². The lowest BCUT2D eigenvalue weighted by molar-refractivity contribution is 0.478. The first kappa shape index (κ1) is 17.5. The van der Waals surface area contributed by atoms with E-state index in [1.165, 1.54) is 55.2 Å². The Labute approximate surface area is 130 Å². The van der Waals surface area contributed by atoms with Crippen molar-refractivity contribution in [3.05, 3.63) is 33.8 Å². The highest BCUT2D eigenvalue weighted by molar-refractivity contribution is 6.31. The number of hydrogen-bond donors (Lipinski definition) is 1. The molecular weight excluding hydrogens is 266 g/mol. The number of benzene rings is 1. The Kier molecular flexibility index (Phi) is 8.25. The lowest BCUT2D eigenvalue weighted by atomic mass is 9.96. The van der Waals surface area contributed by atoms with Gasteiger partial charge in [0.25, 0.3) is 0 Å². The zero-order chi connectivity index (χ0) is 15.0. The van der Waals surface area contributed by atoms with Gasteiger partial charge in [-0.3, -0.25) is 0 Å². The molecule has 20 heavy (non-hydrogen) atoms. The molecule has 0 aromatic heterocycles. The van der Waals surface area contributed by atoms with Crippen LogP contribution < -0.4 is 5.32 Å². The van der Waals surface area contributed by atoms with Gasteiger partial charge in [-0.05, 0) is 49.6 Å². The minimum absolute atomic E-state index is 0.397. The highest BCUT2D eigenvalue weighted by Crippen LogP contribution is 2.29. The predicted molar refractivity (Wildman–Crippen MR) is 90.7 cm³/mol. The van der Waals surface area contributed by atoms with Crippen molar-refractivity contribution in [2.45, 2.75) is 72.3 Å². The normalized spacial score (nSPS) is 12.7. The number of unbranched alkanes of at least 4 members (excludes halogenated alkanes) is 4. The highest BCUT2D eigenvalue weighted by atomic mass is 35.5. The number of aryl methyl sites for hydroxylation is 2. The van der Waals surface area contributed by atoms with E-state index in [9.17, 15) is 0 Å². The van der Waals surface area contributed by atoms with Gasteiger partial charge in [0.05, 0.1) is 0 Å². The van der Waals surface area contributed by atoms with Gasteiger partial charge in [0.1, 0.15) is 0 Å². The number of nitrogens with one attached hydrogen (secondary N) is 1. The summed E-state index contributed by atoms with van der Waals surface area (Å²) >= 11 is 6.45. The maximum atomic E-state index is 6.45. The second-order valence-corrected chi connectivity index (χ2v) is 6.18. The topological polar surface area (TPSA) is 12.0 Å². The largest absolute Gasteiger partial charge is 0.310 e. The van der Waals surface area contributed by atoms with E-state index < -0.39 is 0 Å². The van der Waals surface area contributed by atoms with Crippen LogP contribution in [0.5, 0.6) is 0 Å². The van der Waals surface area contributed by atoms with E-state index in [4.69, 9.17) is 11.6 Å². The standard InChI is InChI=1S/C18H30ClN/c1-5-7-8-9-10-11-18(20-6-2)16-12-14(3)15(4)13-17(16)19/h12-13,18,20H,5-11H2,1-4H3. The molecule has 1 aromatic carbocycles. The molecule has 0 fully saturated rings. The predicted octanol–water partition coefficient (Wildman–Crippen LogP) is 5.97. The maximum Gasteiger partial charge on any atom is 0.0456 e. The molecule has 0 aliphatic carbocycles. The monoisotopic (exact) mass is 295 g/mol. The van der Waals surface area contributed by atoms with Crippen LogP contribution >= 0.6 is 11.6 Å². The lowest BCUT2D eigenvalue weighted by Gasteiger charge is -2.21.